The van der Waals surface area contributed by atoms with E-state index in [1.54, 1.807) is 0 Å². The van der Waals surface area contributed by atoms with Crippen LogP contribution in [0, 0.1) is 0 Å². The molecule has 0 radical (unpaired) electrons. The van der Waals surface area contributed by atoms with E-state index >= 15 is 0 Å². The predicted molar refractivity (Wildman–Crippen MR) is 112 cm³/mol. The van der Waals surface area contributed by atoms with Crippen LogP contribution in [0.4, 0.5) is 0 Å². The highest BCUT2D eigenvalue weighted by molar-refractivity contribution is 6.07. The number of piperidine rings is 1. The first-order valence-corrected chi connectivity index (χ1v) is 10.2. The molecular weight excluding hydrogens is 346 g/mol. The average Bonchev–Trinajstić information content (AvgIpc) is 3.10. The van der Waals surface area contributed by atoms with E-state index in [0.717, 1.165) is 40.6 Å². The summed E-state index contributed by atoms with van der Waals surface area (Å²) in [6.45, 7) is 0. The number of hydrogen-bond acceptors (Lipinski definition) is 3. The van der Waals surface area contributed by atoms with E-state index in [0.29, 0.717) is 18.1 Å². The summed E-state index contributed by atoms with van der Waals surface area (Å²) in [6.07, 6.45) is 4.57. The first-order valence-electron chi connectivity index (χ1n) is 10.2. The van der Waals surface area contributed by atoms with Crippen LogP contribution in [0.1, 0.15) is 36.0 Å². The zero-order valence-electron chi connectivity index (χ0n) is 16.1. The number of amides is 1. The Morgan fingerprint density at radius 1 is 1.00 bits per heavy atom. The molecule has 5 rings (SSSR count). The van der Waals surface area contributed by atoms with Gasteiger partial charge in [-0.25, -0.2) is 4.98 Å². The van der Waals surface area contributed by atoms with E-state index in [1.165, 1.54) is 12.8 Å². The number of benzene rings is 2. The number of fused-ring (bicyclic) bond motifs is 3. The molecule has 1 amide bonds. The van der Waals surface area contributed by atoms with Crippen molar-refractivity contribution >= 4 is 16.8 Å². The fourth-order valence-corrected chi connectivity index (χ4v) is 4.81. The van der Waals surface area contributed by atoms with E-state index in [-0.39, 0.29) is 5.91 Å². The average molecular weight is 371 g/mol. The van der Waals surface area contributed by atoms with Gasteiger partial charge in [0.2, 0.25) is 0 Å². The minimum atomic E-state index is 0.0991. The van der Waals surface area contributed by atoms with Gasteiger partial charge in [-0.15, -0.1) is 0 Å². The summed E-state index contributed by atoms with van der Waals surface area (Å²) >= 11 is 0. The number of aromatic nitrogens is 1. The highest BCUT2D eigenvalue weighted by Crippen LogP contribution is 2.31. The van der Waals surface area contributed by atoms with Crippen molar-refractivity contribution in [3.05, 3.63) is 66.2 Å². The van der Waals surface area contributed by atoms with Gasteiger partial charge in [0.15, 0.2) is 0 Å². The zero-order chi connectivity index (χ0) is 19.1. The Morgan fingerprint density at radius 2 is 1.68 bits per heavy atom. The molecular formula is C24H25N3O. The summed E-state index contributed by atoms with van der Waals surface area (Å²) in [4.78, 5) is 20.3. The van der Waals surface area contributed by atoms with Crippen molar-refractivity contribution < 1.29 is 4.79 Å². The monoisotopic (exact) mass is 371 g/mol. The molecule has 4 nitrogen and oxygen atoms in total. The molecule has 2 saturated heterocycles. The van der Waals surface area contributed by atoms with Gasteiger partial charge in [0.25, 0.3) is 5.91 Å². The standard InChI is InChI=1S/C24H25N3O/c1-27(19-13-17-11-12-18(14-19)25-17)24(28)21-15-23(16-7-3-2-4-8-16)26-22-10-6-5-9-20(21)22/h2-10,15,17-19,25H,11-14H2,1H3. The van der Waals surface area contributed by atoms with Crippen molar-refractivity contribution in [2.75, 3.05) is 7.05 Å². The minimum Gasteiger partial charge on any atom is -0.339 e. The van der Waals surface area contributed by atoms with Crippen molar-refractivity contribution in [1.29, 1.82) is 0 Å². The smallest absolute Gasteiger partial charge is 0.254 e. The Balaban J connectivity index is 1.54. The van der Waals surface area contributed by atoms with E-state index in [1.807, 2.05) is 72.6 Å². The Labute approximate surface area is 165 Å². The molecule has 3 heterocycles. The number of para-hydroxylation sites is 1. The summed E-state index contributed by atoms with van der Waals surface area (Å²) < 4.78 is 0. The van der Waals surface area contributed by atoms with Crippen LogP contribution in [-0.2, 0) is 0 Å². The predicted octanol–water partition coefficient (Wildman–Crippen LogP) is 4.26. The molecule has 3 aromatic rings. The first kappa shape index (κ1) is 17.4. The van der Waals surface area contributed by atoms with Gasteiger partial charge in [-0.3, -0.25) is 4.79 Å². The minimum absolute atomic E-state index is 0.0991. The topological polar surface area (TPSA) is 45.2 Å². The van der Waals surface area contributed by atoms with Gasteiger partial charge in [0.1, 0.15) is 0 Å². The van der Waals surface area contributed by atoms with Gasteiger partial charge in [-0.05, 0) is 37.8 Å². The van der Waals surface area contributed by atoms with Crippen LogP contribution in [-0.4, -0.2) is 41.0 Å². The fraction of sp³-hybridized carbons (Fsp3) is 0.333. The lowest BCUT2D eigenvalue weighted by Crippen LogP contribution is -2.48. The molecule has 2 aliphatic heterocycles. The molecule has 2 atom stereocenters. The van der Waals surface area contributed by atoms with Gasteiger partial charge in [-0.1, -0.05) is 48.5 Å². The quantitative estimate of drug-likeness (QED) is 0.748. The molecule has 2 aliphatic rings. The summed E-state index contributed by atoms with van der Waals surface area (Å²) in [6, 6.07) is 21.4. The molecule has 0 spiro atoms. The maximum atomic E-state index is 13.6. The Kier molecular flexibility index (Phi) is 4.36. The molecule has 2 aromatic carbocycles. The summed E-state index contributed by atoms with van der Waals surface area (Å²) in [5.74, 6) is 0.0991. The number of hydrogen-bond donors (Lipinski definition) is 1. The lowest BCUT2D eigenvalue weighted by atomic mass is 9.97. The summed E-state index contributed by atoms with van der Waals surface area (Å²) in [5.41, 5.74) is 3.50. The maximum absolute atomic E-state index is 13.6. The second kappa shape index (κ2) is 7.02. The van der Waals surface area contributed by atoms with Gasteiger partial charge in [-0.2, -0.15) is 0 Å². The molecule has 142 valence electrons. The number of nitrogens with zero attached hydrogens (tertiary/aromatic N) is 2. The van der Waals surface area contributed by atoms with Crippen molar-refractivity contribution in [2.45, 2.75) is 43.8 Å². The van der Waals surface area contributed by atoms with E-state index < -0.39 is 0 Å². The molecule has 2 fully saturated rings. The first-order chi connectivity index (χ1) is 13.7. The van der Waals surface area contributed by atoms with E-state index in [9.17, 15) is 4.79 Å². The van der Waals surface area contributed by atoms with Crippen LogP contribution < -0.4 is 5.32 Å². The lowest BCUT2D eigenvalue weighted by molar-refractivity contribution is 0.0683. The third kappa shape index (κ3) is 3.08. The van der Waals surface area contributed by atoms with Gasteiger partial charge >= 0.3 is 0 Å². The van der Waals surface area contributed by atoms with Crippen LogP contribution >= 0.6 is 0 Å². The van der Waals surface area contributed by atoms with Crippen molar-refractivity contribution in [3.63, 3.8) is 0 Å². The molecule has 1 N–H and O–H groups in total. The largest absolute Gasteiger partial charge is 0.339 e. The number of carbonyl (C=O) groups excluding carboxylic acids is 1. The molecule has 4 heteroatoms. The molecule has 2 bridgehead atoms. The number of rotatable bonds is 3. The second-order valence-electron chi connectivity index (χ2n) is 8.12. The maximum Gasteiger partial charge on any atom is 0.254 e. The van der Waals surface area contributed by atoms with Crippen LogP contribution in [0.2, 0.25) is 0 Å². The highest BCUT2D eigenvalue weighted by atomic mass is 16.2. The van der Waals surface area contributed by atoms with Gasteiger partial charge < -0.3 is 10.2 Å². The normalized spacial score (nSPS) is 23.7. The Bertz CT molecular complexity index is 1000. The third-order valence-electron chi connectivity index (χ3n) is 6.33. The fourth-order valence-electron chi connectivity index (χ4n) is 4.81. The van der Waals surface area contributed by atoms with Crippen molar-refractivity contribution in [1.82, 2.24) is 15.2 Å². The van der Waals surface area contributed by atoms with Gasteiger partial charge in [0, 0.05) is 36.1 Å². The highest BCUT2D eigenvalue weighted by Gasteiger charge is 2.36. The number of carbonyl (C=O) groups is 1. The number of nitrogens with one attached hydrogen (secondary N) is 1. The molecule has 0 saturated carbocycles. The third-order valence-corrected chi connectivity index (χ3v) is 6.33. The molecule has 28 heavy (non-hydrogen) atoms. The SMILES string of the molecule is CN(C(=O)c1cc(-c2ccccc2)nc2ccccc12)C1CC2CCC(C1)N2. The van der Waals surface area contributed by atoms with Crippen LogP contribution in [0.3, 0.4) is 0 Å². The van der Waals surface area contributed by atoms with Crippen molar-refractivity contribution in [3.8, 4) is 11.3 Å². The second-order valence-corrected chi connectivity index (χ2v) is 8.12. The molecule has 2 unspecified atom stereocenters. The molecule has 1 aromatic heterocycles. The lowest BCUT2D eigenvalue weighted by Gasteiger charge is -2.35. The van der Waals surface area contributed by atoms with E-state index in [4.69, 9.17) is 4.98 Å². The van der Waals surface area contributed by atoms with Crippen molar-refractivity contribution in [2.24, 2.45) is 0 Å². The van der Waals surface area contributed by atoms with Crippen LogP contribution in [0.25, 0.3) is 22.2 Å². The molecule has 0 aliphatic carbocycles. The van der Waals surface area contributed by atoms with Crippen LogP contribution in [0.5, 0.6) is 0 Å². The zero-order valence-corrected chi connectivity index (χ0v) is 16.1. The number of pyridine rings is 1. The van der Waals surface area contributed by atoms with Gasteiger partial charge in [0.05, 0.1) is 16.8 Å². The Hall–Kier alpha value is -2.72. The van der Waals surface area contributed by atoms with Crippen LogP contribution in [0.15, 0.2) is 60.7 Å². The van der Waals surface area contributed by atoms with E-state index in [2.05, 4.69) is 5.32 Å². The summed E-state index contributed by atoms with van der Waals surface area (Å²) in [7, 11) is 1.97. The Morgan fingerprint density at radius 3 is 2.43 bits per heavy atom. The summed E-state index contributed by atoms with van der Waals surface area (Å²) in [5, 5.41) is 4.59.